The third kappa shape index (κ3) is 4.75. The van der Waals surface area contributed by atoms with E-state index in [0.717, 1.165) is 73.8 Å². The minimum atomic E-state index is -0.0191. The monoisotopic (exact) mass is 498 g/mol. The molecule has 1 N–H and O–H groups in total. The number of rotatable bonds is 5. The average Bonchev–Trinajstić information content (AvgIpc) is 3.46. The van der Waals surface area contributed by atoms with Gasteiger partial charge in [0.2, 0.25) is 0 Å². The standard InChI is InChI=1S/C29H34N6O2/c1-19-8-25(9-24(18-36)32-19)34-14-22-12-33(13-23(22)15-34)16-26-17-35(11-20(2)37-26)28-6-5-21(10-30)29-27(28)4-3-7-31-29/h3-9,20,22-23,26,36H,11-18H2,1-2H3/t20-,22?,23?,26+/m1/s1. The second kappa shape index (κ2) is 9.90. The van der Waals surface area contributed by atoms with Gasteiger partial charge in [0, 0.05) is 74.5 Å². The molecular weight excluding hydrogens is 464 g/mol. The van der Waals surface area contributed by atoms with Crippen molar-refractivity contribution in [1.29, 1.82) is 5.26 Å². The molecule has 192 valence electrons. The number of fused-ring (bicyclic) bond motifs is 2. The highest BCUT2D eigenvalue weighted by atomic mass is 16.5. The zero-order chi connectivity index (χ0) is 25.5. The van der Waals surface area contributed by atoms with Gasteiger partial charge >= 0.3 is 0 Å². The molecule has 3 aliphatic heterocycles. The number of nitriles is 1. The minimum absolute atomic E-state index is 0.0191. The summed E-state index contributed by atoms with van der Waals surface area (Å²) in [6, 6.07) is 14.4. The maximum atomic E-state index is 9.55. The predicted molar refractivity (Wildman–Crippen MR) is 144 cm³/mol. The highest BCUT2D eigenvalue weighted by Crippen LogP contribution is 2.35. The van der Waals surface area contributed by atoms with Crippen LogP contribution in [0.1, 0.15) is 23.9 Å². The molecule has 2 aromatic heterocycles. The van der Waals surface area contributed by atoms with E-state index in [9.17, 15) is 10.4 Å². The molecule has 8 nitrogen and oxygen atoms in total. The molecule has 0 radical (unpaired) electrons. The van der Waals surface area contributed by atoms with Crippen molar-refractivity contribution in [2.24, 2.45) is 11.8 Å². The Morgan fingerprint density at radius 3 is 2.62 bits per heavy atom. The van der Waals surface area contributed by atoms with E-state index < -0.39 is 0 Å². The van der Waals surface area contributed by atoms with Crippen molar-refractivity contribution in [3.8, 4) is 6.07 Å². The molecule has 3 saturated heterocycles. The third-order valence-electron chi connectivity index (χ3n) is 8.08. The molecule has 0 amide bonds. The van der Waals surface area contributed by atoms with Crippen molar-refractivity contribution in [2.75, 3.05) is 55.6 Å². The number of likely N-dealkylation sites (tertiary alicyclic amines) is 1. The lowest BCUT2D eigenvalue weighted by Gasteiger charge is -2.40. The SMILES string of the molecule is Cc1cc(N2CC3CN(C[C@H]4CN(c5ccc(C#N)c6ncccc56)C[C@@H](C)O4)CC3C2)cc(CO)n1. The number of aliphatic hydroxyl groups is 1. The summed E-state index contributed by atoms with van der Waals surface area (Å²) in [4.78, 5) is 16.4. The van der Waals surface area contributed by atoms with Crippen molar-refractivity contribution in [1.82, 2.24) is 14.9 Å². The minimum Gasteiger partial charge on any atom is -0.390 e. The number of hydrogen-bond donors (Lipinski definition) is 1. The van der Waals surface area contributed by atoms with E-state index in [1.807, 2.05) is 25.1 Å². The van der Waals surface area contributed by atoms with E-state index in [2.05, 4.69) is 55.9 Å². The summed E-state index contributed by atoms with van der Waals surface area (Å²) >= 11 is 0. The molecule has 37 heavy (non-hydrogen) atoms. The molecule has 6 rings (SSSR count). The van der Waals surface area contributed by atoms with Gasteiger partial charge in [-0.25, -0.2) is 0 Å². The Labute approximate surface area is 218 Å². The van der Waals surface area contributed by atoms with Gasteiger partial charge in [0.1, 0.15) is 6.07 Å². The number of anilines is 2. The highest BCUT2D eigenvalue weighted by Gasteiger charge is 2.41. The van der Waals surface area contributed by atoms with Gasteiger partial charge in [-0.15, -0.1) is 0 Å². The molecule has 0 aliphatic carbocycles. The van der Waals surface area contributed by atoms with Crippen LogP contribution in [0, 0.1) is 30.1 Å². The van der Waals surface area contributed by atoms with Crippen LogP contribution in [0.5, 0.6) is 0 Å². The fraction of sp³-hybridized carbons (Fsp3) is 0.483. The Balaban J connectivity index is 1.11. The summed E-state index contributed by atoms with van der Waals surface area (Å²) in [5, 5.41) is 20.1. The molecule has 3 aromatic rings. The van der Waals surface area contributed by atoms with Crippen LogP contribution in [0.15, 0.2) is 42.6 Å². The van der Waals surface area contributed by atoms with Crippen LogP contribution in [0.2, 0.25) is 0 Å². The molecule has 5 heterocycles. The number of benzene rings is 1. The van der Waals surface area contributed by atoms with Gasteiger partial charge in [-0.1, -0.05) is 0 Å². The van der Waals surface area contributed by atoms with Gasteiger partial charge < -0.3 is 19.6 Å². The zero-order valence-corrected chi connectivity index (χ0v) is 21.5. The van der Waals surface area contributed by atoms with E-state index in [1.54, 1.807) is 6.20 Å². The molecule has 0 spiro atoms. The molecule has 3 aliphatic rings. The molecule has 4 atom stereocenters. The van der Waals surface area contributed by atoms with Gasteiger partial charge in [0.15, 0.2) is 0 Å². The highest BCUT2D eigenvalue weighted by molar-refractivity contribution is 5.95. The smallest absolute Gasteiger partial charge is 0.101 e. The van der Waals surface area contributed by atoms with Gasteiger partial charge in [-0.3, -0.25) is 14.9 Å². The first-order chi connectivity index (χ1) is 18.0. The van der Waals surface area contributed by atoms with Gasteiger partial charge in [0.25, 0.3) is 0 Å². The van der Waals surface area contributed by atoms with Crippen molar-refractivity contribution in [3.05, 3.63) is 59.5 Å². The zero-order valence-electron chi connectivity index (χ0n) is 21.5. The lowest BCUT2D eigenvalue weighted by Crippen LogP contribution is -2.51. The Hall–Kier alpha value is -3.25. The van der Waals surface area contributed by atoms with Crippen LogP contribution < -0.4 is 9.80 Å². The first kappa shape index (κ1) is 24.1. The molecular formula is C29H34N6O2. The van der Waals surface area contributed by atoms with Gasteiger partial charge in [0.05, 0.1) is 35.6 Å². The summed E-state index contributed by atoms with van der Waals surface area (Å²) in [5.41, 5.74) is 5.40. The summed E-state index contributed by atoms with van der Waals surface area (Å²) in [7, 11) is 0. The summed E-state index contributed by atoms with van der Waals surface area (Å²) < 4.78 is 6.42. The summed E-state index contributed by atoms with van der Waals surface area (Å²) in [5.74, 6) is 1.30. The second-order valence-electron chi connectivity index (χ2n) is 10.9. The maximum absolute atomic E-state index is 9.55. The number of hydrogen-bond acceptors (Lipinski definition) is 8. The normalized spacial score (nSPS) is 26.0. The van der Waals surface area contributed by atoms with Crippen molar-refractivity contribution in [2.45, 2.75) is 32.7 Å². The van der Waals surface area contributed by atoms with Crippen LogP contribution in [0.25, 0.3) is 10.9 Å². The van der Waals surface area contributed by atoms with E-state index in [4.69, 9.17) is 4.74 Å². The third-order valence-corrected chi connectivity index (χ3v) is 8.08. The number of nitrogens with zero attached hydrogens (tertiary/aromatic N) is 6. The quantitative estimate of drug-likeness (QED) is 0.575. The summed E-state index contributed by atoms with van der Waals surface area (Å²) in [6.45, 7) is 11.0. The lowest BCUT2D eigenvalue weighted by atomic mass is 10.0. The Bertz CT molecular complexity index is 1330. The van der Waals surface area contributed by atoms with Crippen molar-refractivity contribution < 1.29 is 9.84 Å². The molecule has 2 unspecified atom stereocenters. The maximum Gasteiger partial charge on any atom is 0.101 e. The van der Waals surface area contributed by atoms with Crippen LogP contribution in [0.3, 0.4) is 0 Å². The first-order valence-electron chi connectivity index (χ1n) is 13.2. The first-order valence-corrected chi connectivity index (χ1v) is 13.2. The van der Waals surface area contributed by atoms with E-state index in [0.29, 0.717) is 17.4 Å². The van der Waals surface area contributed by atoms with Crippen LogP contribution >= 0.6 is 0 Å². The largest absolute Gasteiger partial charge is 0.390 e. The Morgan fingerprint density at radius 2 is 1.86 bits per heavy atom. The lowest BCUT2D eigenvalue weighted by molar-refractivity contribution is -0.0301. The van der Waals surface area contributed by atoms with Crippen LogP contribution in [-0.4, -0.2) is 78.0 Å². The van der Waals surface area contributed by atoms with Gasteiger partial charge in [-0.2, -0.15) is 5.26 Å². The second-order valence-corrected chi connectivity index (χ2v) is 10.9. The molecule has 0 saturated carbocycles. The van der Waals surface area contributed by atoms with Crippen molar-refractivity contribution in [3.63, 3.8) is 0 Å². The van der Waals surface area contributed by atoms with E-state index in [1.165, 1.54) is 5.69 Å². The number of aromatic nitrogens is 2. The molecule has 3 fully saturated rings. The fourth-order valence-corrected chi connectivity index (χ4v) is 6.59. The molecule has 0 bridgehead atoms. The van der Waals surface area contributed by atoms with Crippen LogP contribution in [0.4, 0.5) is 11.4 Å². The number of aryl methyl sites for hydroxylation is 1. The molecule has 1 aromatic carbocycles. The number of ether oxygens (including phenoxy) is 1. The van der Waals surface area contributed by atoms with Gasteiger partial charge in [-0.05, 0) is 62.1 Å². The van der Waals surface area contributed by atoms with Crippen LogP contribution in [-0.2, 0) is 11.3 Å². The number of pyridine rings is 2. The van der Waals surface area contributed by atoms with E-state index >= 15 is 0 Å². The van der Waals surface area contributed by atoms with E-state index in [-0.39, 0.29) is 18.8 Å². The Morgan fingerprint density at radius 1 is 1.05 bits per heavy atom. The molecule has 8 heteroatoms. The number of aliphatic hydroxyl groups excluding tert-OH is 1. The fourth-order valence-electron chi connectivity index (χ4n) is 6.59. The van der Waals surface area contributed by atoms with Crippen molar-refractivity contribution >= 4 is 22.3 Å². The average molecular weight is 499 g/mol. The summed E-state index contributed by atoms with van der Waals surface area (Å²) in [6.07, 6.45) is 2.02. The topological polar surface area (TPSA) is 88.8 Å². The predicted octanol–water partition coefficient (Wildman–Crippen LogP) is 2.96. The Kier molecular flexibility index (Phi) is 6.45. The number of morpholine rings is 1.